The topological polar surface area (TPSA) is 85.8 Å². The average molecular weight is 197 g/mol. The molecule has 0 bridgehead atoms. The van der Waals surface area contributed by atoms with E-state index in [2.05, 4.69) is 15.5 Å². The van der Waals surface area contributed by atoms with Crippen LogP contribution in [-0.4, -0.2) is 33.3 Å². The van der Waals surface area contributed by atoms with Crippen molar-refractivity contribution in [2.45, 2.75) is 19.4 Å². The number of carbonyl (C=O) groups is 1. The van der Waals surface area contributed by atoms with E-state index in [0.29, 0.717) is 13.0 Å². The van der Waals surface area contributed by atoms with Crippen LogP contribution in [0, 0.1) is 0 Å². The van der Waals surface area contributed by atoms with Crippen LogP contribution in [0.2, 0.25) is 0 Å². The van der Waals surface area contributed by atoms with Gasteiger partial charge in [0.2, 0.25) is 5.91 Å². The Morgan fingerprint density at radius 1 is 1.79 bits per heavy atom. The van der Waals surface area contributed by atoms with Crippen molar-refractivity contribution in [1.29, 1.82) is 0 Å². The van der Waals surface area contributed by atoms with Gasteiger partial charge in [0.25, 0.3) is 0 Å². The monoisotopic (exact) mass is 197 g/mol. The van der Waals surface area contributed by atoms with Crippen molar-refractivity contribution in [1.82, 2.24) is 20.1 Å². The highest BCUT2D eigenvalue weighted by Crippen LogP contribution is 1.91. The maximum Gasteiger partial charge on any atom is 0.236 e. The standard InChI is InChI=1S/C8H15N5O/c1-6(9)8(14)10-4-3-7-12-11-5-13(7)2/h5-6H,3-4,9H2,1-2H3,(H,10,14)/t6-/m0/s1. The van der Waals surface area contributed by atoms with Crippen molar-refractivity contribution in [3.63, 3.8) is 0 Å². The minimum atomic E-state index is -0.463. The van der Waals surface area contributed by atoms with E-state index in [0.717, 1.165) is 5.82 Å². The number of hydrogen-bond donors (Lipinski definition) is 2. The van der Waals surface area contributed by atoms with Gasteiger partial charge in [0.1, 0.15) is 12.2 Å². The smallest absolute Gasteiger partial charge is 0.236 e. The van der Waals surface area contributed by atoms with Gasteiger partial charge in [-0.25, -0.2) is 0 Å². The van der Waals surface area contributed by atoms with Gasteiger partial charge in [-0.05, 0) is 6.92 Å². The fourth-order valence-electron chi connectivity index (χ4n) is 0.992. The largest absolute Gasteiger partial charge is 0.354 e. The summed E-state index contributed by atoms with van der Waals surface area (Å²) in [5.41, 5.74) is 5.38. The fraction of sp³-hybridized carbons (Fsp3) is 0.625. The minimum Gasteiger partial charge on any atom is -0.354 e. The lowest BCUT2D eigenvalue weighted by Gasteiger charge is -2.06. The van der Waals surface area contributed by atoms with E-state index in [1.165, 1.54) is 0 Å². The van der Waals surface area contributed by atoms with Crippen LogP contribution in [-0.2, 0) is 18.3 Å². The number of nitrogens with one attached hydrogen (secondary N) is 1. The van der Waals surface area contributed by atoms with Crippen molar-refractivity contribution in [3.8, 4) is 0 Å². The molecular formula is C8H15N5O. The fourth-order valence-corrected chi connectivity index (χ4v) is 0.992. The zero-order valence-corrected chi connectivity index (χ0v) is 8.40. The molecule has 0 fully saturated rings. The SMILES string of the molecule is C[C@H](N)C(=O)NCCc1nncn1C. The number of hydrogen-bond acceptors (Lipinski definition) is 4. The first-order valence-corrected chi connectivity index (χ1v) is 4.47. The molecule has 0 aliphatic rings. The first kappa shape index (κ1) is 10.6. The van der Waals surface area contributed by atoms with E-state index < -0.39 is 6.04 Å². The van der Waals surface area contributed by atoms with Gasteiger partial charge < -0.3 is 15.6 Å². The normalized spacial score (nSPS) is 12.5. The molecule has 0 saturated heterocycles. The summed E-state index contributed by atoms with van der Waals surface area (Å²) in [5, 5.41) is 10.3. The molecule has 0 radical (unpaired) electrons. The predicted molar refractivity (Wildman–Crippen MR) is 51.4 cm³/mol. The van der Waals surface area contributed by atoms with Gasteiger partial charge in [-0.3, -0.25) is 4.79 Å². The summed E-state index contributed by atoms with van der Waals surface area (Å²) in [5.74, 6) is 0.696. The van der Waals surface area contributed by atoms with Gasteiger partial charge in [-0.1, -0.05) is 0 Å². The number of nitrogens with two attached hydrogens (primary N) is 1. The third-order valence-electron chi connectivity index (χ3n) is 1.87. The maximum absolute atomic E-state index is 11.1. The Labute approximate surface area is 82.5 Å². The van der Waals surface area contributed by atoms with Crippen LogP contribution in [0.25, 0.3) is 0 Å². The molecule has 1 rings (SSSR count). The van der Waals surface area contributed by atoms with Crippen LogP contribution in [0.4, 0.5) is 0 Å². The van der Waals surface area contributed by atoms with Crippen molar-refractivity contribution >= 4 is 5.91 Å². The molecule has 0 aliphatic carbocycles. The van der Waals surface area contributed by atoms with Crippen LogP contribution < -0.4 is 11.1 Å². The van der Waals surface area contributed by atoms with E-state index in [4.69, 9.17) is 5.73 Å². The number of rotatable bonds is 4. The third-order valence-corrected chi connectivity index (χ3v) is 1.87. The molecule has 1 aromatic rings. The highest BCUT2D eigenvalue weighted by atomic mass is 16.2. The Morgan fingerprint density at radius 2 is 2.50 bits per heavy atom. The number of aryl methyl sites for hydroxylation is 1. The molecule has 78 valence electrons. The Balaban J connectivity index is 2.29. The van der Waals surface area contributed by atoms with E-state index in [9.17, 15) is 4.79 Å². The van der Waals surface area contributed by atoms with Crippen molar-refractivity contribution in [3.05, 3.63) is 12.2 Å². The molecule has 0 spiro atoms. The maximum atomic E-state index is 11.1. The highest BCUT2D eigenvalue weighted by molar-refractivity contribution is 5.80. The lowest BCUT2D eigenvalue weighted by molar-refractivity contribution is -0.121. The number of nitrogens with zero attached hydrogens (tertiary/aromatic N) is 3. The summed E-state index contributed by atoms with van der Waals surface area (Å²) in [6.45, 7) is 2.19. The van der Waals surface area contributed by atoms with E-state index in [-0.39, 0.29) is 5.91 Å². The minimum absolute atomic E-state index is 0.146. The molecule has 0 unspecified atom stereocenters. The van der Waals surface area contributed by atoms with Gasteiger partial charge in [-0.15, -0.1) is 10.2 Å². The molecular weight excluding hydrogens is 182 g/mol. The van der Waals surface area contributed by atoms with Gasteiger partial charge in [0.15, 0.2) is 0 Å². The van der Waals surface area contributed by atoms with Crippen LogP contribution in [0.1, 0.15) is 12.7 Å². The molecule has 14 heavy (non-hydrogen) atoms. The van der Waals surface area contributed by atoms with Gasteiger partial charge in [0.05, 0.1) is 6.04 Å². The second-order valence-corrected chi connectivity index (χ2v) is 3.19. The molecule has 3 N–H and O–H groups in total. The highest BCUT2D eigenvalue weighted by Gasteiger charge is 2.06. The summed E-state index contributed by atoms with van der Waals surface area (Å²) in [4.78, 5) is 11.1. The quantitative estimate of drug-likeness (QED) is 0.636. The van der Waals surface area contributed by atoms with E-state index in [1.54, 1.807) is 13.3 Å². The second-order valence-electron chi connectivity index (χ2n) is 3.19. The molecule has 6 nitrogen and oxygen atoms in total. The predicted octanol–water partition coefficient (Wildman–Crippen LogP) is -1.18. The van der Waals surface area contributed by atoms with E-state index in [1.807, 2.05) is 11.6 Å². The van der Waals surface area contributed by atoms with Gasteiger partial charge in [-0.2, -0.15) is 0 Å². The lowest BCUT2D eigenvalue weighted by Crippen LogP contribution is -2.39. The number of amides is 1. The zero-order chi connectivity index (χ0) is 10.6. The summed E-state index contributed by atoms with van der Waals surface area (Å²) in [7, 11) is 1.86. The lowest BCUT2D eigenvalue weighted by atomic mass is 10.3. The Hall–Kier alpha value is -1.43. The van der Waals surface area contributed by atoms with E-state index >= 15 is 0 Å². The van der Waals surface area contributed by atoms with Crippen molar-refractivity contribution < 1.29 is 4.79 Å². The van der Waals surface area contributed by atoms with Crippen LogP contribution >= 0.6 is 0 Å². The number of carbonyl (C=O) groups excluding carboxylic acids is 1. The van der Waals surface area contributed by atoms with Gasteiger partial charge in [0, 0.05) is 20.0 Å². The Kier molecular flexibility index (Phi) is 3.58. The molecule has 1 aromatic heterocycles. The Morgan fingerprint density at radius 3 is 3.00 bits per heavy atom. The van der Waals surface area contributed by atoms with Crippen molar-refractivity contribution in [2.24, 2.45) is 12.8 Å². The first-order valence-electron chi connectivity index (χ1n) is 4.47. The molecule has 0 aliphatic heterocycles. The van der Waals surface area contributed by atoms with Crippen LogP contribution in [0.5, 0.6) is 0 Å². The van der Waals surface area contributed by atoms with Gasteiger partial charge >= 0.3 is 0 Å². The summed E-state index contributed by atoms with van der Waals surface area (Å²) in [6.07, 6.45) is 2.29. The summed E-state index contributed by atoms with van der Waals surface area (Å²) < 4.78 is 1.82. The average Bonchev–Trinajstić information content (AvgIpc) is 2.51. The summed E-state index contributed by atoms with van der Waals surface area (Å²) in [6, 6.07) is -0.463. The molecule has 1 atom stereocenters. The van der Waals surface area contributed by atoms with Crippen molar-refractivity contribution in [2.75, 3.05) is 6.54 Å². The molecule has 0 saturated carbocycles. The molecule has 0 aromatic carbocycles. The Bertz CT molecular complexity index is 306. The molecule has 1 amide bonds. The molecule has 1 heterocycles. The summed E-state index contributed by atoms with van der Waals surface area (Å²) >= 11 is 0. The third kappa shape index (κ3) is 2.81. The van der Waals surface area contributed by atoms with Crippen LogP contribution in [0.3, 0.4) is 0 Å². The number of aromatic nitrogens is 3. The first-order chi connectivity index (χ1) is 6.61. The molecule has 6 heteroatoms. The zero-order valence-electron chi connectivity index (χ0n) is 8.40. The second kappa shape index (κ2) is 4.71. The van der Waals surface area contributed by atoms with Crippen LogP contribution in [0.15, 0.2) is 6.33 Å².